The minimum Gasteiger partial charge on any atom is -0.359 e. The molecule has 1 aromatic heterocycles. The van der Waals surface area contributed by atoms with Gasteiger partial charge in [-0.1, -0.05) is 43.6 Å². The van der Waals surface area contributed by atoms with E-state index in [1.54, 1.807) is 6.07 Å². The van der Waals surface area contributed by atoms with Gasteiger partial charge in [-0.25, -0.2) is 4.79 Å². The van der Waals surface area contributed by atoms with Gasteiger partial charge in [0, 0.05) is 28.5 Å². The number of aryl methyl sites for hydroxylation is 1. The predicted molar refractivity (Wildman–Crippen MR) is 109 cm³/mol. The van der Waals surface area contributed by atoms with Gasteiger partial charge in [-0.15, -0.1) is 0 Å². The second-order valence-electron chi connectivity index (χ2n) is 7.47. The Labute approximate surface area is 159 Å². The molecular weight excluding hydrogens is 340 g/mol. The quantitative estimate of drug-likeness (QED) is 0.557. The summed E-state index contributed by atoms with van der Waals surface area (Å²) in [5.41, 5.74) is 3.69. The number of rotatable bonds is 4. The van der Waals surface area contributed by atoms with Crippen molar-refractivity contribution in [3.8, 4) is 0 Å². The third kappa shape index (κ3) is 5.10. The van der Waals surface area contributed by atoms with Gasteiger partial charge in [0.2, 0.25) is 0 Å². The molecule has 0 fully saturated rings. The molecule has 0 bridgehead atoms. The van der Waals surface area contributed by atoms with E-state index in [9.17, 15) is 4.79 Å². The summed E-state index contributed by atoms with van der Waals surface area (Å²) in [6, 6.07) is 17.0. The smallest absolute Gasteiger partial charge is 0.324 e. The fourth-order valence-electron chi connectivity index (χ4n) is 2.41. The molecule has 0 spiro atoms. The van der Waals surface area contributed by atoms with Crippen molar-refractivity contribution < 1.29 is 9.32 Å². The first kappa shape index (κ1) is 18.5. The van der Waals surface area contributed by atoms with Gasteiger partial charge in [0.1, 0.15) is 5.76 Å². The second-order valence-corrected chi connectivity index (χ2v) is 7.47. The molecule has 0 aliphatic carbocycles. The molecule has 27 heavy (non-hydrogen) atoms. The highest BCUT2D eigenvalue weighted by atomic mass is 16.5. The van der Waals surface area contributed by atoms with Crippen molar-refractivity contribution >= 4 is 28.9 Å². The number of carbonyl (C=O) groups excluding carboxylic acids is 1. The standard InChI is InChI=1S/C21H24N4O2/c1-14-5-7-15(8-6-14)22-16-9-11-17(12-10-16)23-20(26)24-19-13-18(27-25-19)21(2,3)4/h5-13,22H,1-4H3,(H2,23,24,25,26). The van der Waals surface area contributed by atoms with Crippen LogP contribution in [-0.2, 0) is 5.41 Å². The van der Waals surface area contributed by atoms with Crippen molar-refractivity contribution in [2.24, 2.45) is 0 Å². The highest BCUT2D eigenvalue weighted by Gasteiger charge is 2.20. The van der Waals surface area contributed by atoms with Gasteiger partial charge in [-0.3, -0.25) is 5.32 Å². The molecule has 140 valence electrons. The average molecular weight is 364 g/mol. The summed E-state index contributed by atoms with van der Waals surface area (Å²) in [6.45, 7) is 8.11. The van der Waals surface area contributed by atoms with Gasteiger partial charge in [-0.05, 0) is 43.3 Å². The Kier molecular flexibility index (Phi) is 5.16. The van der Waals surface area contributed by atoms with Gasteiger partial charge in [0.25, 0.3) is 0 Å². The van der Waals surface area contributed by atoms with E-state index in [0.29, 0.717) is 17.3 Å². The molecule has 6 nitrogen and oxygen atoms in total. The van der Waals surface area contributed by atoms with Gasteiger partial charge in [0.05, 0.1) is 0 Å². The van der Waals surface area contributed by atoms with E-state index in [0.717, 1.165) is 11.4 Å². The third-order valence-corrected chi connectivity index (χ3v) is 3.97. The van der Waals surface area contributed by atoms with Crippen LogP contribution in [0.15, 0.2) is 59.1 Å². The summed E-state index contributed by atoms with van der Waals surface area (Å²) >= 11 is 0. The fourth-order valence-corrected chi connectivity index (χ4v) is 2.41. The molecule has 3 N–H and O–H groups in total. The maximum absolute atomic E-state index is 12.1. The zero-order valence-electron chi connectivity index (χ0n) is 16.0. The second kappa shape index (κ2) is 7.53. The lowest BCUT2D eigenvalue weighted by molar-refractivity contribution is 0.262. The molecule has 3 aromatic rings. The lowest BCUT2D eigenvalue weighted by Crippen LogP contribution is -2.19. The highest BCUT2D eigenvalue weighted by Crippen LogP contribution is 2.24. The third-order valence-electron chi connectivity index (χ3n) is 3.97. The molecule has 2 aromatic carbocycles. The van der Waals surface area contributed by atoms with E-state index in [1.807, 2.05) is 57.2 Å². The molecule has 0 saturated heterocycles. The summed E-state index contributed by atoms with van der Waals surface area (Å²) < 4.78 is 5.26. The van der Waals surface area contributed by atoms with E-state index >= 15 is 0 Å². The van der Waals surface area contributed by atoms with Crippen molar-refractivity contribution in [1.82, 2.24) is 5.16 Å². The fraction of sp³-hybridized carbons (Fsp3) is 0.238. The molecule has 1 heterocycles. The lowest BCUT2D eigenvalue weighted by Gasteiger charge is -2.12. The highest BCUT2D eigenvalue weighted by molar-refractivity contribution is 5.99. The number of amides is 2. The van der Waals surface area contributed by atoms with Crippen molar-refractivity contribution in [2.45, 2.75) is 33.1 Å². The number of anilines is 4. The van der Waals surface area contributed by atoms with Crippen LogP contribution >= 0.6 is 0 Å². The molecule has 0 aliphatic rings. The Morgan fingerprint density at radius 1 is 0.889 bits per heavy atom. The van der Waals surface area contributed by atoms with Crippen LogP contribution in [0.25, 0.3) is 0 Å². The molecule has 0 atom stereocenters. The van der Waals surface area contributed by atoms with Crippen molar-refractivity contribution in [2.75, 3.05) is 16.0 Å². The Balaban J connectivity index is 1.56. The summed E-state index contributed by atoms with van der Waals surface area (Å²) in [5.74, 6) is 1.10. The topological polar surface area (TPSA) is 79.2 Å². The lowest BCUT2D eigenvalue weighted by atomic mass is 9.93. The minimum atomic E-state index is -0.372. The Morgan fingerprint density at radius 2 is 1.44 bits per heavy atom. The Bertz CT molecular complexity index is 907. The van der Waals surface area contributed by atoms with Gasteiger partial charge < -0.3 is 15.2 Å². The summed E-state index contributed by atoms with van der Waals surface area (Å²) in [6.07, 6.45) is 0. The first-order valence-corrected chi connectivity index (χ1v) is 8.78. The van der Waals surface area contributed by atoms with Crippen LogP contribution in [0.1, 0.15) is 32.1 Å². The largest absolute Gasteiger partial charge is 0.359 e. The zero-order valence-corrected chi connectivity index (χ0v) is 16.0. The van der Waals surface area contributed by atoms with Crippen LogP contribution in [0.3, 0.4) is 0 Å². The number of benzene rings is 2. The number of nitrogens with zero attached hydrogens (tertiary/aromatic N) is 1. The summed E-state index contributed by atoms with van der Waals surface area (Å²) in [7, 11) is 0. The van der Waals surface area contributed by atoms with Crippen LogP contribution < -0.4 is 16.0 Å². The van der Waals surface area contributed by atoms with Gasteiger partial charge >= 0.3 is 6.03 Å². The van der Waals surface area contributed by atoms with Crippen LogP contribution in [0, 0.1) is 6.92 Å². The number of urea groups is 1. The molecule has 0 saturated carbocycles. The van der Waals surface area contributed by atoms with E-state index in [2.05, 4.69) is 40.2 Å². The number of hydrogen-bond acceptors (Lipinski definition) is 4. The number of nitrogens with one attached hydrogen (secondary N) is 3. The molecule has 0 unspecified atom stereocenters. The maximum atomic E-state index is 12.1. The summed E-state index contributed by atoms with van der Waals surface area (Å²) in [5, 5.41) is 12.6. The number of carbonyl (C=O) groups is 1. The normalized spacial score (nSPS) is 11.1. The Morgan fingerprint density at radius 3 is 2.00 bits per heavy atom. The van der Waals surface area contributed by atoms with Crippen LogP contribution in [0.5, 0.6) is 0 Å². The first-order chi connectivity index (χ1) is 12.8. The van der Waals surface area contributed by atoms with E-state index in [1.165, 1.54) is 5.56 Å². The van der Waals surface area contributed by atoms with E-state index < -0.39 is 0 Å². The van der Waals surface area contributed by atoms with Gasteiger partial charge in [0.15, 0.2) is 5.82 Å². The molecular formula is C21H24N4O2. The van der Waals surface area contributed by atoms with Crippen LogP contribution in [0.2, 0.25) is 0 Å². The van der Waals surface area contributed by atoms with Crippen LogP contribution in [-0.4, -0.2) is 11.2 Å². The molecule has 0 radical (unpaired) electrons. The molecule has 2 amide bonds. The van der Waals surface area contributed by atoms with Crippen molar-refractivity contribution in [3.63, 3.8) is 0 Å². The monoisotopic (exact) mass is 364 g/mol. The van der Waals surface area contributed by atoms with Crippen LogP contribution in [0.4, 0.5) is 27.7 Å². The molecule has 3 rings (SSSR count). The number of hydrogen-bond donors (Lipinski definition) is 3. The van der Waals surface area contributed by atoms with E-state index in [-0.39, 0.29) is 11.4 Å². The van der Waals surface area contributed by atoms with E-state index in [4.69, 9.17) is 4.52 Å². The average Bonchev–Trinajstić information content (AvgIpc) is 3.07. The SMILES string of the molecule is Cc1ccc(Nc2ccc(NC(=O)Nc3cc(C(C)(C)C)on3)cc2)cc1. The summed E-state index contributed by atoms with van der Waals surface area (Å²) in [4.78, 5) is 12.1. The van der Waals surface area contributed by atoms with Gasteiger partial charge in [-0.2, -0.15) is 0 Å². The molecule has 6 heteroatoms. The zero-order chi connectivity index (χ0) is 19.4. The van der Waals surface area contributed by atoms with Crippen molar-refractivity contribution in [3.05, 3.63) is 65.9 Å². The van der Waals surface area contributed by atoms with Crippen molar-refractivity contribution in [1.29, 1.82) is 0 Å². The molecule has 0 aliphatic heterocycles. The maximum Gasteiger partial charge on any atom is 0.324 e. The number of aromatic nitrogens is 1. The minimum absolute atomic E-state index is 0.163. The Hall–Kier alpha value is -3.28. The first-order valence-electron chi connectivity index (χ1n) is 8.78. The predicted octanol–water partition coefficient (Wildman–Crippen LogP) is 5.67.